The summed E-state index contributed by atoms with van der Waals surface area (Å²) < 4.78 is 0. The number of rotatable bonds is 0. The van der Waals surface area contributed by atoms with Gasteiger partial charge in [0.25, 0.3) is 0 Å². The standard InChI is InChI=1S/ClH.5H2O.Zr/h1H;5*1H2;/q;;;;;;+4/p-4. The summed E-state index contributed by atoms with van der Waals surface area (Å²) in [6, 6.07) is 0. The van der Waals surface area contributed by atoms with E-state index < -0.39 is 0 Å². The molecular weight excluding hydrogens is 207 g/mol. The first-order valence-electron chi connectivity index (χ1n) is 0. The Kier molecular flexibility index (Phi) is 15400. The molecule has 0 fully saturated rings. The number of halogens is 1. The maximum atomic E-state index is 0. The molecule has 0 aromatic carbocycles. The van der Waals surface area contributed by atoms with Gasteiger partial charge in [-0.15, -0.1) is 12.4 Å². The van der Waals surface area contributed by atoms with Crippen LogP contribution in [0.2, 0.25) is 0 Å². The van der Waals surface area contributed by atoms with Gasteiger partial charge in [0.2, 0.25) is 0 Å². The molecule has 7 heteroatoms. The molecule has 7 heavy (non-hydrogen) atoms. The fourth-order valence-electron chi connectivity index (χ4n) is 0. The minimum Gasteiger partial charge on any atom is -0.870 e. The molecule has 0 aliphatic heterocycles. The van der Waals surface area contributed by atoms with Crippen molar-refractivity contribution >= 4 is 12.4 Å². The van der Waals surface area contributed by atoms with Gasteiger partial charge < -0.3 is 27.4 Å². The summed E-state index contributed by atoms with van der Waals surface area (Å²) in [7, 11) is 0. The number of hydrogen-bond donors (Lipinski definition) is 0. The second-order valence-electron chi connectivity index (χ2n) is 0. The average Bonchev–Trinajstić information content (AvgIpc) is 0. The van der Waals surface area contributed by atoms with Crippen LogP contribution in [-0.2, 0) is 26.2 Å². The van der Waals surface area contributed by atoms with E-state index in [4.69, 9.17) is 0 Å². The Bertz CT molecular complexity index is 8.04. The molecule has 0 spiro atoms. The van der Waals surface area contributed by atoms with E-state index in [1.807, 2.05) is 0 Å². The third-order valence-electron chi connectivity index (χ3n) is 0. The Morgan fingerprint density at radius 2 is 0.571 bits per heavy atom. The second-order valence-corrected chi connectivity index (χ2v) is 0. The molecule has 0 saturated heterocycles. The summed E-state index contributed by atoms with van der Waals surface area (Å²) >= 11 is 0. The van der Waals surface area contributed by atoms with Crippen molar-refractivity contribution in [3.05, 3.63) is 0 Å². The normalized spacial score (nSPS) is 0. The molecule has 5 nitrogen and oxygen atoms in total. The maximum absolute atomic E-state index is 0. The molecule has 0 aromatic rings. The third kappa shape index (κ3) is 182. The van der Waals surface area contributed by atoms with E-state index in [0.29, 0.717) is 0 Å². The maximum Gasteiger partial charge on any atom is 4.00 e. The van der Waals surface area contributed by atoms with Crippen LogP contribution in [0.5, 0.6) is 0 Å². The van der Waals surface area contributed by atoms with Crippen LogP contribution in [0.15, 0.2) is 0 Å². The van der Waals surface area contributed by atoms with Crippen LogP contribution < -0.4 is 0 Å². The van der Waals surface area contributed by atoms with Crippen molar-refractivity contribution in [3.63, 3.8) is 0 Å². The predicted octanol–water partition coefficient (Wildman–Crippen LogP) is -1.11. The van der Waals surface area contributed by atoms with E-state index in [-0.39, 0.29) is 66.0 Å². The molecule has 0 radical (unpaired) electrons. The SMILES string of the molecule is Cl.O.[OH-].[OH-].[OH-].[OH-].[Zr+4]. The topological polar surface area (TPSA) is 152 Å². The summed E-state index contributed by atoms with van der Waals surface area (Å²) in [5.41, 5.74) is 0. The van der Waals surface area contributed by atoms with E-state index in [9.17, 15) is 0 Å². The largest absolute Gasteiger partial charge is 4.00 e. The van der Waals surface area contributed by atoms with Crippen LogP contribution in [0, 0.1) is 0 Å². The Hall–Kier alpha value is 0.973. The van der Waals surface area contributed by atoms with Crippen molar-refractivity contribution in [2.75, 3.05) is 0 Å². The van der Waals surface area contributed by atoms with E-state index in [1.54, 1.807) is 0 Å². The molecule has 0 rings (SSSR count). The van der Waals surface area contributed by atoms with Crippen molar-refractivity contribution in [2.24, 2.45) is 0 Å². The Balaban J connectivity index is 0. The molecule has 6 N–H and O–H groups in total. The van der Waals surface area contributed by atoms with Crippen LogP contribution in [0.1, 0.15) is 0 Å². The fourth-order valence-corrected chi connectivity index (χ4v) is 0. The second kappa shape index (κ2) is 263. The van der Waals surface area contributed by atoms with Gasteiger partial charge in [-0.3, -0.25) is 0 Å². The van der Waals surface area contributed by atoms with Crippen LogP contribution in [0.4, 0.5) is 0 Å². The van der Waals surface area contributed by atoms with Gasteiger partial charge in [-0.1, -0.05) is 0 Å². The first-order chi connectivity index (χ1) is 0. The van der Waals surface area contributed by atoms with Gasteiger partial charge in [-0.05, 0) is 0 Å². The molecule has 0 atom stereocenters. The Morgan fingerprint density at radius 1 is 0.571 bits per heavy atom. The van der Waals surface area contributed by atoms with Crippen molar-refractivity contribution in [1.29, 1.82) is 0 Å². The molecule has 48 valence electrons. The van der Waals surface area contributed by atoms with Gasteiger partial charge in [0.1, 0.15) is 0 Å². The van der Waals surface area contributed by atoms with E-state index in [2.05, 4.69) is 0 Å². The van der Waals surface area contributed by atoms with Gasteiger partial charge in [-0.25, -0.2) is 0 Å². The van der Waals surface area contributed by atoms with Crippen molar-refractivity contribution < 1.29 is 53.6 Å². The average molecular weight is 214 g/mol. The zero-order valence-corrected chi connectivity index (χ0v) is 6.47. The van der Waals surface area contributed by atoms with Gasteiger partial charge in [0.15, 0.2) is 0 Å². The molecule has 0 aromatic heterocycles. The van der Waals surface area contributed by atoms with Crippen molar-refractivity contribution in [1.82, 2.24) is 0 Å². The summed E-state index contributed by atoms with van der Waals surface area (Å²) in [5, 5.41) is 0. The summed E-state index contributed by atoms with van der Waals surface area (Å²) in [4.78, 5) is 0. The molecule has 0 aliphatic rings. The van der Waals surface area contributed by atoms with Crippen LogP contribution >= 0.6 is 12.4 Å². The van der Waals surface area contributed by atoms with Crippen LogP contribution in [0.25, 0.3) is 0 Å². The van der Waals surface area contributed by atoms with Crippen LogP contribution in [0.3, 0.4) is 0 Å². The number of hydrogen-bond acceptors (Lipinski definition) is 4. The van der Waals surface area contributed by atoms with Gasteiger partial charge in [0.05, 0.1) is 0 Å². The fraction of sp³-hybridized carbons (Fsp3) is 0. The first kappa shape index (κ1) is 409. The van der Waals surface area contributed by atoms with Gasteiger partial charge in [0, 0.05) is 0 Å². The summed E-state index contributed by atoms with van der Waals surface area (Å²) in [6.45, 7) is 0. The first-order valence-corrected chi connectivity index (χ1v) is 0. The minimum atomic E-state index is 0. The Morgan fingerprint density at radius 3 is 0.571 bits per heavy atom. The smallest absolute Gasteiger partial charge is 0.870 e. The minimum absolute atomic E-state index is 0. The third-order valence-corrected chi connectivity index (χ3v) is 0. The van der Waals surface area contributed by atoms with E-state index >= 15 is 0 Å². The zero-order valence-electron chi connectivity index (χ0n) is 3.20. The summed E-state index contributed by atoms with van der Waals surface area (Å²) in [6.07, 6.45) is 0. The molecule has 0 amide bonds. The molecular formula is H7ClO5Zr. The van der Waals surface area contributed by atoms with E-state index in [1.165, 1.54) is 0 Å². The van der Waals surface area contributed by atoms with E-state index in [0.717, 1.165) is 0 Å². The van der Waals surface area contributed by atoms with Crippen LogP contribution in [-0.4, -0.2) is 27.4 Å². The Labute approximate surface area is 66.2 Å². The van der Waals surface area contributed by atoms with Crippen molar-refractivity contribution in [2.45, 2.75) is 0 Å². The quantitative estimate of drug-likeness (QED) is 0.501. The molecule has 0 heterocycles. The molecule has 0 unspecified atom stereocenters. The predicted molar refractivity (Wildman–Crippen MR) is 18.6 cm³/mol. The summed E-state index contributed by atoms with van der Waals surface area (Å²) in [5.74, 6) is 0. The molecule has 0 aliphatic carbocycles. The van der Waals surface area contributed by atoms with Gasteiger partial charge >= 0.3 is 26.2 Å². The van der Waals surface area contributed by atoms with Crippen molar-refractivity contribution in [3.8, 4) is 0 Å². The molecule has 0 bridgehead atoms. The molecule has 0 saturated carbocycles. The zero-order chi connectivity index (χ0) is 0. The monoisotopic (exact) mass is 212 g/mol. The van der Waals surface area contributed by atoms with Gasteiger partial charge in [-0.2, -0.15) is 0 Å².